The van der Waals surface area contributed by atoms with E-state index >= 15 is 0 Å². The Morgan fingerprint density at radius 1 is 1.26 bits per heavy atom. The maximum Gasteiger partial charge on any atom is 0.248 e. The topological polar surface area (TPSA) is 59.2 Å². The number of aromatic nitrogens is 2. The molecule has 2 aromatic rings. The number of hydrogen-bond donors (Lipinski definition) is 1. The molecule has 2 aliphatic carbocycles. The van der Waals surface area contributed by atoms with Gasteiger partial charge in [-0.2, -0.15) is 0 Å². The Balaban J connectivity index is 1.76. The number of aryl methyl sites for hydroxylation is 2. The molecule has 2 heterocycles. The Morgan fingerprint density at radius 3 is 2.58 bits per heavy atom. The van der Waals surface area contributed by atoms with Crippen LogP contribution in [-0.4, -0.2) is 26.8 Å². The minimum atomic E-state index is -2.62. The average Bonchev–Trinajstić information content (AvgIpc) is 3.24. The van der Waals surface area contributed by atoms with E-state index in [0.717, 1.165) is 52.3 Å². The van der Waals surface area contributed by atoms with Crippen molar-refractivity contribution in [2.45, 2.75) is 90.1 Å². The van der Waals surface area contributed by atoms with Crippen molar-refractivity contribution in [2.75, 3.05) is 0 Å². The zero-order valence-corrected chi connectivity index (χ0v) is 18.8. The molecule has 0 saturated heterocycles. The number of alkyl halides is 2. The summed E-state index contributed by atoms with van der Waals surface area (Å²) in [6.45, 7) is 7.94. The van der Waals surface area contributed by atoms with Crippen LogP contribution in [0.2, 0.25) is 0 Å². The van der Waals surface area contributed by atoms with Crippen LogP contribution < -0.4 is 0 Å². The highest BCUT2D eigenvalue weighted by atomic mass is 19.3. The second-order valence-corrected chi connectivity index (χ2v) is 9.38. The first kappa shape index (κ1) is 22.1. The van der Waals surface area contributed by atoms with E-state index in [1.165, 1.54) is 0 Å². The molecule has 0 radical (unpaired) electrons. The predicted molar refractivity (Wildman–Crippen MR) is 117 cm³/mol. The minimum Gasteiger partial charge on any atom is -0.385 e. The SMILES string of the molecule is CCCCC(O)(C1=CC(C)c2ncc(-c3c(C)noc3C)cc21)C1CCC(F)(F)CC1. The van der Waals surface area contributed by atoms with Crippen molar-refractivity contribution >= 4 is 5.57 Å². The van der Waals surface area contributed by atoms with Gasteiger partial charge in [0.2, 0.25) is 5.92 Å². The first-order valence-corrected chi connectivity index (χ1v) is 11.4. The summed E-state index contributed by atoms with van der Waals surface area (Å²) in [5.74, 6) is -1.99. The smallest absolute Gasteiger partial charge is 0.248 e. The second-order valence-electron chi connectivity index (χ2n) is 9.38. The molecule has 0 aliphatic heterocycles. The van der Waals surface area contributed by atoms with Gasteiger partial charge in [-0.3, -0.25) is 4.98 Å². The van der Waals surface area contributed by atoms with E-state index in [2.05, 4.69) is 31.1 Å². The van der Waals surface area contributed by atoms with Crippen LogP contribution >= 0.6 is 0 Å². The molecular formula is C25H32F2N2O2. The van der Waals surface area contributed by atoms with Crippen LogP contribution in [0.4, 0.5) is 8.78 Å². The maximum atomic E-state index is 13.9. The van der Waals surface area contributed by atoms with Gasteiger partial charge >= 0.3 is 0 Å². The molecular weight excluding hydrogens is 398 g/mol. The lowest BCUT2D eigenvalue weighted by Crippen LogP contribution is -2.42. The molecule has 0 spiro atoms. The summed E-state index contributed by atoms with van der Waals surface area (Å²) in [6.07, 6.45) is 6.67. The van der Waals surface area contributed by atoms with Crippen LogP contribution in [0.1, 0.15) is 87.4 Å². The number of rotatable bonds is 6. The highest BCUT2D eigenvalue weighted by Crippen LogP contribution is 2.51. The Labute approximate surface area is 182 Å². The third kappa shape index (κ3) is 3.95. The van der Waals surface area contributed by atoms with Crippen LogP contribution in [0.5, 0.6) is 0 Å². The highest BCUT2D eigenvalue weighted by Gasteiger charge is 2.47. The van der Waals surface area contributed by atoms with Crippen molar-refractivity contribution < 1.29 is 18.4 Å². The molecule has 2 atom stereocenters. The van der Waals surface area contributed by atoms with Crippen molar-refractivity contribution in [2.24, 2.45) is 5.92 Å². The van der Waals surface area contributed by atoms with E-state index in [1.807, 2.05) is 20.0 Å². The van der Waals surface area contributed by atoms with Crippen LogP contribution in [0.25, 0.3) is 16.7 Å². The third-order valence-electron chi connectivity index (χ3n) is 7.15. The molecule has 168 valence electrons. The molecule has 0 bridgehead atoms. The van der Waals surface area contributed by atoms with Gasteiger partial charge < -0.3 is 9.63 Å². The van der Waals surface area contributed by atoms with E-state index in [-0.39, 0.29) is 24.7 Å². The van der Waals surface area contributed by atoms with E-state index in [0.29, 0.717) is 19.3 Å². The monoisotopic (exact) mass is 430 g/mol. The summed E-state index contributed by atoms with van der Waals surface area (Å²) in [4.78, 5) is 4.74. The van der Waals surface area contributed by atoms with Crippen molar-refractivity contribution in [1.82, 2.24) is 10.1 Å². The molecule has 2 aromatic heterocycles. The predicted octanol–water partition coefficient (Wildman–Crippen LogP) is 6.60. The molecule has 0 amide bonds. The van der Waals surface area contributed by atoms with Crippen molar-refractivity contribution in [1.29, 1.82) is 0 Å². The number of halogens is 2. The van der Waals surface area contributed by atoms with E-state index in [1.54, 1.807) is 0 Å². The summed E-state index contributed by atoms with van der Waals surface area (Å²) in [5.41, 5.74) is 4.23. The van der Waals surface area contributed by atoms with Gasteiger partial charge in [-0.15, -0.1) is 0 Å². The number of hydrogen-bond acceptors (Lipinski definition) is 4. The van der Waals surface area contributed by atoms with Gasteiger partial charge in [-0.25, -0.2) is 8.78 Å². The number of pyridine rings is 1. The van der Waals surface area contributed by atoms with Crippen LogP contribution in [0.3, 0.4) is 0 Å². The second kappa shape index (κ2) is 8.12. The number of fused-ring (bicyclic) bond motifs is 1. The fraction of sp³-hybridized carbons (Fsp3) is 0.600. The number of aliphatic hydroxyl groups is 1. The molecule has 1 N–H and O–H groups in total. The number of nitrogens with zero attached hydrogens (tertiary/aromatic N) is 2. The standard InChI is InChI=1S/C25H32F2N2O2/c1-5-6-9-25(30,19-7-10-24(26,27)11-8-19)21-12-15(2)23-20(21)13-18(14-28-23)22-16(3)29-31-17(22)4/h12-15,19,30H,5-11H2,1-4H3. The summed E-state index contributed by atoms with van der Waals surface area (Å²) in [6, 6.07) is 2.07. The Bertz CT molecular complexity index is 968. The number of unbranched alkanes of at least 4 members (excludes halogenated alkanes) is 1. The van der Waals surface area contributed by atoms with Crippen molar-refractivity contribution in [3.8, 4) is 11.1 Å². The zero-order chi connectivity index (χ0) is 22.4. The van der Waals surface area contributed by atoms with E-state index < -0.39 is 11.5 Å². The lowest BCUT2D eigenvalue weighted by atomic mass is 9.69. The molecule has 0 aromatic carbocycles. The van der Waals surface area contributed by atoms with Gasteiger partial charge in [0.15, 0.2) is 0 Å². The van der Waals surface area contributed by atoms with Crippen LogP contribution in [0.15, 0.2) is 22.9 Å². The van der Waals surface area contributed by atoms with Gasteiger partial charge in [-0.05, 0) is 50.7 Å². The zero-order valence-electron chi connectivity index (χ0n) is 18.8. The molecule has 6 heteroatoms. The average molecular weight is 431 g/mol. The Morgan fingerprint density at radius 2 is 1.97 bits per heavy atom. The summed E-state index contributed by atoms with van der Waals surface area (Å²) in [5, 5.41) is 16.1. The summed E-state index contributed by atoms with van der Waals surface area (Å²) >= 11 is 0. The molecule has 2 aliphatic rings. The van der Waals surface area contributed by atoms with Crippen molar-refractivity contribution in [3.63, 3.8) is 0 Å². The van der Waals surface area contributed by atoms with Crippen LogP contribution in [0, 0.1) is 19.8 Å². The largest absolute Gasteiger partial charge is 0.385 e. The lowest BCUT2D eigenvalue weighted by Gasteiger charge is -2.42. The van der Waals surface area contributed by atoms with Gasteiger partial charge in [0, 0.05) is 41.6 Å². The van der Waals surface area contributed by atoms with E-state index in [9.17, 15) is 13.9 Å². The van der Waals surface area contributed by atoms with Gasteiger partial charge in [0.05, 0.1) is 17.0 Å². The number of allylic oxidation sites excluding steroid dienone is 1. The summed E-state index contributed by atoms with van der Waals surface area (Å²) < 4.78 is 33.1. The van der Waals surface area contributed by atoms with Crippen LogP contribution in [-0.2, 0) is 0 Å². The first-order valence-electron chi connectivity index (χ1n) is 11.4. The molecule has 4 rings (SSSR count). The van der Waals surface area contributed by atoms with Crippen molar-refractivity contribution in [3.05, 3.63) is 41.1 Å². The quantitative estimate of drug-likeness (QED) is 0.561. The fourth-order valence-corrected chi connectivity index (χ4v) is 5.40. The summed E-state index contributed by atoms with van der Waals surface area (Å²) in [7, 11) is 0. The maximum absolute atomic E-state index is 13.9. The minimum absolute atomic E-state index is 0.0712. The molecule has 31 heavy (non-hydrogen) atoms. The Kier molecular flexibility index (Phi) is 5.80. The first-order chi connectivity index (χ1) is 14.7. The van der Waals surface area contributed by atoms with Gasteiger partial charge in [0.25, 0.3) is 0 Å². The molecule has 2 unspecified atom stereocenters. The third-order valence-corrected chi connectivity index (χ3v) is 7.15. The molecule has 4 nitrogen and oxygen atoms in total. The molecule has 1 fully saturated rings. The fourth-order valence-electron chi connectivity index (χ4n) is 5.40. The Hall–Kier alpha value is -2.08. The van der Waals surface area contributed by atoms with Gasteiger partial charge in [0.1, 0.15) is 5.76 Å². The van der Waals surface area contributed by atoms with Gasteiger partial charge in [-0.1, -0.05) is 37.9 Å². The highest BCUT2D eigenvalue weighted by molar-refractivity contribution is 5.82. The normalized spacial score (nSPS) is 22.8. The van der Waals surface area contributed by atoms with E-state index in [4.69, 9.17) is 9.51 Å². The lowest BCUT2D eigenvalue weighted by molar-refractivity contribution is -0.0779. The molecule has 1 saturated carbocycles.